The molecule has 0 bridgehead atoms. The first-order valence-corrected chi connectivity index (χ1v) is 4.51. The van der Waals surface area contributed by atoms with Crippen LogP contribution in [0.25, 0.3) is 0 Å². The topological polar surface area (TPSA) is 62.2 Å². The van der Waals surface area contributed by atoms with Gasteiger partial charge in [-0.05, 0) is 25.6 Å². The lowest BCUT2D eigenvalue weighted by Gasteiger charge is -2.24. The quantitative estimate of drug-likeness (QED) is 0.750. The molecule has 1 aromatic rings. The molecule has 76 valence electrons. The van der Waals surface area contributed by atoms with Crippen molar-refractivity contribution in [2.24, 2.45) is 0 Å². The van der Waals surface area contributed by atoms with E-state index in [0.29, 0.717) is 12.2 Å². The third-order valence-electron chi connectivity index (χ3n) is 2.14. The molecule has 1 rings (SSSR count). The van der Waals surface area contributed by atoms with Gasteiger partial charge in [-0.3, -0.25) is 10.3 Å². The van der Waals surface area contributed by atoms with Crippen molar-refractivity contribution in [3.8, 4) is 0 Å². The van der Waals surface area contributed by atoms with E-state index in [1.54, 1.807) is 31.3 Å². The van der Waals surface area contributed by atoms with E-state index in [9.17, 15) is 4.79 Å². The second-order valence-corrected chi connectivity index (χ2v) is 3.18. The maximum Gasteiger partial charge on any atom is 0.329 e. The molecule has 0 aromatic carbocycles. The summed E-state index contributed by atoms with van der Waals surface area (Å²) < 4.78 is 0. The van der Waals surface area contributed by atoms with Crippen LogP contribution >= 0.6 is 0 Å². The molecule has 4 heteroatoms. The van der Waals surface area contributed by atoms with E-state index < -0.39 is 11.5 Å². The van der Waals surface area contributed by atoms with Gasteiger partial charge in [0.15, 0.2) is 5.54 Å². The summed E-state index contributed by atoms with van der Waals surface area (Å²) in [7, 11) is 0. The predicted octanol–water partition coefficient (Wildman–Crippen LogP) is 0.991. The molecular weight excluding hydrogens is 180 g/mol. The molecule has 0 saturated carbocycles. The fourth-order valence-electron chi connectivity index (χ4n) is 1.29. The molecule has 0 radical (unpaired) electrons. The van der Waals surface area contributed by atoms with Crippen LogP contribution < -0.4 is 5.32 Å². The lowest BCUT2D eigenvalue weighted by molar-refractivity contribution is -0.144. The lowest BCUT2D eigenvalue weighted by Crippen LogP contribution is -2.47. The molecule has 4 nitrogen and oxygen atoms in total. The van der Waals surface area contributed by atoms with Crippen LogP contribution in [0.1, 0.15) is 19.5 Å². The number of carboxylic acids is 1. The van der Waals surface area contributed by atoms with Gasteiger partial charge in [-0.25, -0.2) is 4.79 Å². The normalized spacial score (nSPS) is 14.7. The fourth-order valence-corrected chi connectivity index (χ4v) is 1.29. The highest BCUT2D eigenvalue weighted by Gasteiger charge is 2.35. The summed E-state index contributed by atoms with van der Waals surface area (Å²) in [5.41, 5.74) is -0.579. The Morgan fingerprint density at radius 3 is 2.79 bits per heavy atom. The number of rotatable bonds is 4. The highest BCUT2D eigenvalue weighted by atomic mass is 16.4. The molecule has 1 atom stereocenters. The summed E-state index contributed by atoms with van der Waals surface area (Å²) in [6.07, 6.45) is 1.59. The number of aromatic nitrogens is 1. The average Bonchev–Trinajstić information content (AvgIpc) is 2.19. The number of carboxylic acid groups (broad SMARTS) is 1. The van der Waals surface area contributed by atoms with Crippen molar-refractivity contribution < 1.29 is 9.90 Å². The zero-order chi connectivity index (χ0) is 10.6. The summed E-state index contributed by atoms with van der Waals surface area (Å²) >= 11 is 0. The maximum atomic E-state index is 11.1. The minimum Gasteiger partial charge on any atom is -0.480 e. The second-order valence-electron chi connectivity index (χ2n) is 3.18. The maximum absolute atomic E-state index is 11.1. The Labute approximate surface area is 83.0 Å². The van der Waals surface area contributed by atoms with Crippen LogP contribution in [0.5, 0.6) is 0 Å². The number of pyridine rings is 1. The summed E-state index contributed by atoms with van der Waals surface area (Å²) in [6.45, 7) is 4.06. The first-order valence-electron chi connectivity index (χ1n) is 4.51. The van der Waals surface area contributed by atoms with Crippen molar-refractivity contribution in [3.05, 3.63) is 30.1 Å². The zero-order valence-corrected chi connectivity index (χ0v) is 8.32. The second kappa shape index (κ2) is 4.19. The van der Waals surface area contributed by atoms with Gasteiger partial charge >= 0.3 is 5.97 Å². The highest BCUT2D eigenvalue weighted by Crippen LogP contribution is 2.17. The summed E-state index contributed by atoms with van der Waals surface area (Å²) in [5.74, 6) is -0.918. The van der Waals surface area contributed by atoms with Gasteiger partial charge < -0.3 is 5.11 Å². The molecule has 0 fully saturated rings. The Morgan fingerprint density at radius 2 is 2.36 bits per heavy atom. The lowest BCUT2D eigenvalue weighted by atomic mass is 9.97. The molecule has 1 aromatic heterocycles. The molecule has 0 spiro atoms. The monoisotopic (exact) mass is 194 g/mol. The van der Waals surface area contributed by atoms with E-state index in [4.69, 9.17) is 5.11 Å². The molecular formula is C10H14N2O2. The molecule has 1 heterocycles. The van der Waals surface area contributed by atoms with Gasteiger partial charge in [0.1, 0.15) is 0 Å². The van der Waals surface area contributed by atoms with E-state index in [1.165, 1.54) is 0 Å². The number of hydrogen-bond donors (Lipinski definition) is 2. The van der Waals surface area contributed by atoms with Crippen molar-refractivity contribution in [2.45, 2.75) is 19.4 Å². The zero-order valence-electron chi connectivity index (χ0n) is 8.32. The van der Waals surface area contributed by atoms with Gasteiger partial charge in [-0.2, -0.15) is 0 Å². The number of aliphatic carboxylic acids is 1. The molecule has 14 heavy (non-hydrogen) atoms. The molecule has 0 saturated heterocycles. The van der Waals surface area contributed by atoms with Crippen LogP contribution in [-0.2, 0) is 10.3 Å². The third-order valence-corrected chi connectivity index (χ3v) is 2.14. The Balaban J connectivity index is 3.06. The van der Waals surface area contributed by atoms with E-state index in [2.05, 4.69) is 10.3 Å². The molecule has 0 aliphatic heterocycles. The number of nitrogens with one attached hydrogen (secondary N) is 1. The minimum atomic E-state index is -1.10. The predicted molar refractivity (Wildman–Crippen MR) is 52.9 cm³/mol. The van der Waals surface area contributed by atoms with Crippen LogP contribution in [0.3, 0.4) is 0 Å². The Kier molecular flexibility index (Phi) is 3.19. The largest absolute Gasteiger partial charge is 0.480 e. The van der Waals surface area contributed by atoms with Crippen molar-refractivity contribution in [2.75, 3.05) is 6.54 Å². The first kappa shape index (κ1) is 10.7. The summed E-state index contributed by atoms with van der Waals surface area (Å²) in [6, 6.07) is 5.25. The highest BCUT2D eigenvalue weighted by molar-refractivity contribution is 5.79. The van der Waals surface area contributed by atoms with Crippen LogP contribution in [0.4, 0.5) is 0 Å². The Hall–Kier alpha value is -1.42. The van der Waals surface area contributed by atoms with Gasteiger partial charge in [0.05, 0.1) is 5.69 Å². The number of hydrogen-bond acceptors (Lipinski definition) is 3. The number of likely N-dealkylation sites (N-methyl/N-ethyl adjacent to an activating group) is 1. The van der Waals surface area contributed by atoms with Gasteiger partial charge in [-0.15, -0.1) is 0 Å². The Bertz CT molecular complexity index is 313. The molecule has 2 N–H and O–H groups in total. The van der Waals surface area contributed by atoms with Gasteiger partial charge in [0.2, 0.25) is 0 Å². The smallest absolute Gasteiger partial charge is 0.329 e. The van der Waals surface area contributed by atoms with Crippen molar-refractivity contribution >= 4 is 5.97 Å². The van der Waals surface area contributed by atoms with Crippen LogP contribution in [0.2, 0.25) is 0 Å². The minimum absolute atomic E-state index is 0.523. The summed E-state index contributed by atoms with van der Waals surface area (Å²) in [5, 5.41) is 12.0. The standard InChI is InChI=1S/C10H14N2O2/c1-3-12-10(2,9(13)14)8-6-4-5-7-11-8/h4-7,12H,3H2,1-2H3,(H,13,14). The van der Waals surface area contributed by atoms with E-state index in [1.807, 2.05) is 6.92 Å². The van der Waals surface area contributed by atoms with Gasteiger partial charge in [-0.1, -0.05) is 13.0 Å². The van der Waals surface area contributed by atoms with Crippen LogP contribution in [-0.4, -0.2) is 22.6 Å². The number of carbonyl (C=O) groups is 1. The molecule has 0 amide bonds. The average molecular weight is 194 g/mol. The SMILES string of the molecule is CCNC(C)(C(=O)O)c1ccccn1. The van der Waals surface area contributed by atoms with E-state index in [-0.39, 0.29) is 0 Å². The number of nitrogens with zero attached hydrogens (tertiary/aromatic N) is 1. The third kappa shape index (κ3) is 1.90. The molecule has 0 aliphatic rings. The molecule has 1 unspecified atom stereocenters. The van der Waals surface area contributed by atoms with E-state index >= 15 is 0 Å². The molecule has 0 aliphatic carbocycles. The van der Waals surface area contributed by atoms with Gasteiger partial charge in [0.25, 0.3) is 0 Å². The van der Waals surface area contributed by atoms with Crippen molar-refractivity contribution in [1.29, 1.82) is 0 Å². The Morgan fingerprint density at radius 1 is 1.64 bits per heavy atom. The van der Waals surface area contributed by atoms with Crippen molar-refractivity contribution in [1.82, 2.24) is 10.3 Å². The first-order chi connectivity index (χ1) is 6.61. The van der Waals surface area contributed by atoms with Crippen LogP contribution in [0, 0.1) is 0 Å². The summed E-state index contributed by atoms with van der Waals surface area (Å²) in [4.78, 5) is 15.2. The van der Waals surface area contributed by atoms with Crippen LogP contribution in [0.15, 0.2) is 24.4 Å². The van der Waals surface area contributed by atoms with E-state index in [0.717, 1.165) is 0 Å². The van der Waals surface area contributed by atoms with Crippen molar-refractivity contribution in [3.63, 3.8) is 0 Å². The van der Waals surface area contributed by atoms with Gasteiger partial charge in [0, 0.05) is 6.20 Å². The fraction of sp³-hybridized carbons (Fsp3) is 0.400.